The summed E-state index contributed by atoms with van der Waals surface area (Å²) < 4.78 is 5.79. The lowest BCUT2D eigenvalue weighted by Gasteiger charge is -2.23. The molecule has 1 aromatic heterocycles. The summed E-state index contributed by atoms with van der Waals surface area (Å²) in [5.74, 6) is 0. The molecule has 16 heavy (non-hydrogen) atoms. The smallest absolute Gasteiger partial charge is 0.104 e. The SMILES string of the molecule is CCCCNCC1OCCc2c(Cl)csc21. The Bertz CT molecular complexity index is 340. The molecule has 0 amide bonds. The molecule has 4 heteroatoms. The molecule has 0 aromatic carbocycles. The Balaban J connectivity index is 1.91. The van der Waals surface area contributed by atoms with E-state index in [4.69, 9.17) is 16.3 Å². The zero-order valence-electron chi connectivity index (χ0n) is 9.59. The van der Waals surface area contributed by atoms with Crippen molar-refractivity contribution in [2.75, 3.05) is 19.7 Å². The molecule has 2 nitrogen and oxygen atoms in total. The van der Waals surface area contributed by atoms with E-state index in [9.17, 15) is 0 Å². The van der Waals surface area contributed by atoms with Crippen LogP contribution in [0.1, 0.15) is 36.3 Å². The second-order valence-corrected chi connectivity index (χ2v) is 5.41. The fraction of sp³-hybridized carbons (Fsp3) is 0.667. The van der Waals surface area contributed by atoms with E-state index in [0.29, 0.717) is 0 Å². The molecule has 0 saturated carbocycles. The number of thiophene rings is 1. The second-order valence-electron chi connectivity index (χ2n) is 4.09. The topological polar surface area (TPSA) is 21.3 Å². The van der Waals surface area contributed by atoms with Crippen LogP contribution >= 0.6 is 22.9 Å². The van der Waals surface area contributed by atoms with Gasteiger partial charge in [0.15, 0.2) is 0 Å². The van der Waals surface area contributed by atoms with Gasteiger partial charge in [0, 0.05) is 16.8 Å². The van der Waals surface area contributed by atoms with E-state index < -0.39 is 0 Å². The summed E-state index contributed by atoms with van der Waals surface area (Å²) in [6.45, 7) is 4.98. The molecule has 0 radical (unpaired) electrons. The minimum absolute atomic E-state index is 0.207. The lowest BCUT2D eigenvalue weighted by molar-refractivity contribution is 0.0457. The normalized spacial score (nSPS) is 19.8. The third-order valence-electron chi connectivity index (χ3n) is 2.88. The molecular weight excluding hydrogens is 242 g/mol. The first-order chi connectivity index (χ1) is 7.83. The molecule has 0 aliphatic carbocycles. The highest BCUT2D eigenvalue weighted by Gasteiger charge is 2.24. The molecule has 90 valence electrons. The van der Waals surface area contributed by atoms with Crippen molar-refractivity contribution in [1.29, 1.82) is 0 Å². The van der Waals surface area contributed by atoms with Crippen LogP contribution in [0.25, 0.3) is 0 Å². The Morgan fingerprint density at radius 1 is 1.62 bits per heavy atom. The van der Waals surface area contributed by atoms with Gasteiger partial charge in [-0.05, 0) is 24.9 Å². The summed E-state index contributed by atoms with van der Waals surface area (Å²) in [7, 11) is 0. The minimum Gasteiger partial charge on any atom is -0.371 e. The fourth-order valence-corrected chi connectivity index (χ4v) is 3.37. The van der Waals surface area contributed by atoms with Crippen LogP contribution < -0.4 is 5.32 Å². The fourth-order valence-electron chi connectivity index (χ4n) is 1.95. The van der Waals surface area contributed by atoms with Crippen LogP contribution in [-0.4, -0.2) is 19.7 Å². The van der Waals surface area contributed by atoms with E-state index in [1.54, 1.807) is 11.3 Å². The Labute approximate surface area is 106 Å². The number of fused-ring (bicyclic) bond motifs is 1. The molecule has 1 N–H and O–H groups in total. The van der Waals surface area contributed by atoms with E-state index in [2.05, 4.69) is 12.2 Å². The average molecular weight is 260 g/mol. The number of unbranched alkanes of at least 4 members (excludes halogenated alkanes) is 1. The number of hydrogen-bond donors (Lipinski definition) is 1. The summed E-state index contributed by atoms with van der Waals surface area (Å²) >= 11 is 7.87. The average Bonchev–Trinajstić information content (AvgIpc) is 2.68. The highest BCUT2D eigenvalue weighted by Crippen LogP contribution is 2.36. The zero-order valence-corrected chi connectivity index (χ0v) is 11.2. The minimum atomic E-state index is 0.207. The van der Waals surface area contributed by atoms with E-state index in [0.717, 1.165) is 31.1 Å². The van der Waals surface area contributed by atoms with Crippen LogP contribution in [0.3, 0.4) is 0 Å². The van der Waals surface area contributed by atoms with Gasteiger partial charge >= 0.3 is 0 Å². The lowest BCUT2D eigenvalue weighted by atomic mass is 10.1. The van der Waals surface area contributed by atoms with Crippen LogP contribution in [-0.2, 0) is 11.2 Å². The van der Waals surface area contributed by atoms with Gasteiger partial charge in [-0.15, -0.1) is 11.3 Å². The Morgan fingerprint density at radius 2 is 2.50 bits per heavy atom. The van der Waals surface area contributed by atoms with Gasteiger partial charge in [-0.3, -0.25) is 0 Å². The van der Waals surface area contributed by atoms with Crippen LogP contribution in [0.4, 0.5) is 0 Å². The van der Waals surface area contributed by atoms with Gasteiger partial charge in [-0.1, -0.05) is 24.9 Å². The third-order valence-corrected chi connectivity index (χ3v) is 4.46. The highest BCUT2D eigenvalue weighted by molar-refractivity contribution is 7.10. The standard InChI is InChI=1S/C12H18ClNOS/c1-2-3-5-14-7-11-12-9(4-6-15-11)10(13)8-16-12/h8,11,14H,2-7H2,1H3. The molecule has 0 spiro atoms. The first-order valence-electron chi connectivity index (χ1n) is 5.91. The maximum absolute atomic E-state index is 6.14. The van der Waals surface area contributed by atoms with E-state index >= 15 is 0 Å². The van der Waals surface area contributed by atoms with Gasteiger partial charge in [-0.2, -0.15) is 0 Å². The van der Waals surface area contributed by atoms with Crippen LogP contribution in [0.5, 0.6) is 0 Å². The maximum Gasteiger partial charge on any atom is 0.104 e. The van der Waals surface area contributed by atoms with Crippen LogP contribution in [0, 0.1) is 0 Å². The Hall–Kier alpha value is -0.0900. The highest BCUT2D eigenvalue weighted by atomic mass is 35.5. The molecule has 1 unspecified atom stereocenters. The molecule has 0 saturated heterocycles. The summed E-state index contributed by atoms with van der Waals surface area (Å²) in [6.07, 6.45) is 3.63. The van der Waals surface area contributed by atoms with Gasteiger partial charge in [-0.25, -0.2) is 0 Å². The number of ether oxygens (including phenoxy) is 1. The summed E-state index contributed by atoms with van der Waals surface area (Å²) in [4.78, 5) is 1.32. The third kappa shape index (κ3) is 2.77. The Kier molecular flexibility index (Phi) is 4.65. The second kappa shape index (κ2) is 6.01. The number of nitrogens with one attached hydrogen (secondary N) is 1. The van der Waals surface area contributed by atoms with Gasteiger partial charge in [0.05, 0.1) is 11.6 Å². The molecule has 2 rings (SSSR count). The molecule has 1 atom stereocenters. The number of rotatable bonds is 5. The Morgan fingerprint density at radius 3 is 3.31 bits per heavy atom. The molecule has 0 bridgehead atoms. The number of hydrogen-bond acceptors (Lipinski definition) is 3. The van der Waals surface area contributed by atoms with Crippen molar-refractivity contribution in [2.24, 2.45) is 0 Å². The van der Waals surface area contributed by atoms with Gasteiger partial charge < -0.3 is 10.1 Å². The largest absolute Gasteiger partial charge is 0.371 e. The summed E-state index contributed by atoms with van der Waals surface area (Å²) in [5, 5.41) is 6.39. The maximum atomic E-state index is 6.14. The van der Waals surface area contributed by atoms with Crippen LogP contribution in [0.15, 0.2) is 5.38 Å². The molecule has 1 aliphatic heterocycles. The van der Waals surface area contributed by atoms with Crippen molar-refractivity contribution in [3.05, 3.63) is 20.8 Å². The van der Waals surface area contributed by atoms with E-state index in [1.165, 1.54) is 23.3 Å². The van der Waals surface area contributed by atoms with Crippen molar-refractivity contribution >= 4 is 22.9 Å². The monoisotopic (exact) mass is 259 g/mol. The van der Waals surface area contributed by atoms with Gasteiger partial charge in [0.2, 0.25) is 0 Å². The molecular formula is C12H18ClNOS. The quantitative estimate of drug-likeness (QED) is 0.819. The van der Waals surface area contributed by atoms with Crippen molar-refractivity contribution in [1.82, 2.24) is 5.32 Å². The zero-order chi connectivity index (χ0) is 11.4. The molecule has 1 aliphatic rings. The van der Waals surface area contributed by atoms with Crippen molar-refractivity contribution < 1.29 is 4.74 Å². The first-order valence-corrected chi connectivity index (χ1v) is 7.16. The lowest BCUT2D eigenvalue weighted by Crippen LogP contribution is -2.27. The van der Waals surface area contributed by atoms with Crippen molar-refractivity contribution in [3.8, 4) is 0 Å². The predicted molar refractivity (Wildman–Crippen MR) is 69.5 cm³/mol. The first kappa shape index (κ1) is 12.4. The van der Waals surface area contributed by atoms with Crippen molar-refractivity contribution in [2.45, 2.75) is 32.3 Å². The van der Waals surface area contributed by atoms with Crippen LogP contribution in [0.2, 0.25) is 5.02 Å². The predicted octanol–water partition coefficient (Wildman–Crippen LogP) is 3.41. The molecule has 1 aromatic rings. The molecule has 2 heterocycles. The van der Waals surface area contributed by atoms with Crippen molar-refractivity contribution in [3.63, 3.8) is 0 Å². The number of halogens is 1. The van der Waals surface area contributed by atoms with Gasteiger partial charge in [0.1, 0.15) is 6.10 Å². The van der Waals surface area contributed by atoms with E-state index in [1.807, 2.05) is 5.38 Å². The van der Waals surface area contributed by atoms with E-state index in [-0.39, 0.29) is 6.10 Å². The van der Waals surface area contributed by atoms with Gasteiger partial charge in [0.25, 0.3) is 0 Å². The molecule has 0 fully saturated rings. The summed E-state index contributed by atoms with van der Waals surface area (Å²) in [6, 6.07) is 0. The summed E-state index contributed by atoms with van der Waals surface area (Å²) in [5.41, 5.74) is 1.31.